The van der Waals surface area contributed by atoms with Crippen molar-refractivity contribution in [3.8, 4) is 5.75 Å². The maximum absolute atomic E-state index is 12.0. The van der Waals surface area contributed by atoms with Crippen LogP contribution in [-0.4, -0.2) is 41.7 Å². The van der Waals surface area contributed by atoms with Gasteiger partial charge in [0.15, 0.2) is 0 Å². The largest absolute Gasteiger partial charge is 0.491 e. The fourth-order valence-electron chi connectivity index (χ4n) is 2.01. The van der Waals surface area contributed by atoms with Gasteiger partial charge >= 0.3 is 12.0 Å². The van der Waals surface area contributed by atoms with E-state index in [0.29, 0.717) is 13.2 Å². The summed E-state index contributed by atoms with van der Waals surface area (Å²) in [6.07, 6.45) is 0. The lowest BCUT2D eigenvalue weighted by atomic mass is 10.1. The lowest BCUT2D eigenvalue weighted by Gasteiger charge is -2.21. The summed E-state index contributed by atoms with van der Waals surface area (Å²) in [6.45, 7) is 2.14. The number of hydrogen-bond acceptors (Lipinski definition) is 3. The topological polar surface area (TPSA) is 78.9 Å². The number of likely N-dealkylation sites (N-methyl/N-ethyl adjacent to an activating group) is 1. The van der Waals surface area contributed by atoms with E-state index in [4.69, 9.17) is 9.84 Å². The van der Waals surface area contributed by atoms with Crippen LogP contribution in [0, 0.1) is 0 Å². The summed E-state index contributed by atoms with van der Waals surface area (Å²) in [5, 5.41) is 11.5. The number of hydrogen-bond donors (Lipinski definition) is 2. The van der Waals surface area contributed by atoms with Crippen molar-refractivity contribution in [1.82, 2.24) is 10.2 Å². The normalized spacial score (nSPS) is 16.4. The van der Waals surface area contributed by atoms with Gasteiger partial charge < -0.3 is 20.1 Å². The number of rotatable bonds is 4. The van der Waals surface area contributed by atoms with Crippen LogP contribution in [0.2, 0.25) is 0 Å². The van der Waals surface area contributed by atoms with Gasteiger partial charge in [-0.3, -0.25) is 4.79 Å². The molecule has 6 heteroatoms. The standard InChI is InChI=1S/C13H16N2O4/c1-2-15(7-12(16)17)13(18)14-10-8-19-11-6-4-3-5-9(10)11/h3-6,10H,2,7-8H2,1H3,(H,14,18)(H,16,17). The first-order valence-electron chi connectivity index (χ1n) is 6.10. The predicted octanol–water partition coefficient (Wildman–Crippen LogP) is 1.24. The Labute approximate surface area is 111 Å². The molecule has 2 rings (SSSR count). The van der Waals surface area contributed by atoms with Gasteiger partial charge in [0.1, 0.15) is 18.9 Å². The Bertz CT molecular complexity index is 489. The highest BCUT2D eigenvalue weighted by Gasteiger charge is 2.27. The van der Waals surface area contributed by atoms with Crippen molar-refractivity contribution in [3.63, 3.8) is 0 Å². The average Bonchev–Trinajstić information content (AvgIpc) is 2.79. The molecule has 1 heterocycles. The van der Waals surface area contributed by atoms with Crippen molar-refractivity contribution in [2.75, 3.05) is 19.7 Å². The zero-order chi connectivity index (χ0) is 13.8. The summed E-state index contributed by atoms with van der Waals surface area (Å²) in [6, 6.07) is 6.85. The highest BCUT2D eigenvalue weighted by molar-refractivity contribution is 5.80. The van der Waals surface area contributed by atoms with Crippen molar-refractivity contribution >= 4 is 12.0 Å². The first-order chi connectivity index (χ1) is 9.11. The van der Waals surface area contributed by atoms with Crippen LogP contribution in [0.3, 0.4) is 0 Å². The number of carbonyl (C=O) groups excluding carboxylic acids is 1. The van der Waals surface area contributed by atoms with E-state index in [2.05, 4.69) is 5.32 Å². The second-order valence-electron chi connectivity index (χ2n) is 4.26. The molecule has 0 fully saturated rings. The molecule has 1 unspecified atom stereocenters. The Morgan fingerprint density at radius 2 is 2.21 bits per heavy atom. The van der Waals surface area contributed by atoms with Crippen molar-refractivity contribution in [2.24, 2.45) is 0 Å². The zero-order valence-electron chi connectivity index (χ0n) is 10.6. The summed E-state index contributed by atoms with van der Waals surface area (Å²) in [5.74, 6) is -0.269. The number of urea groups is 1. The van der Waals surface area contributed by atoms with Crippen molar-refractivity contribution in [1.29, 1.82) is 0 Å². The number of para-hydroxylation sites is 1. The first kappa shape index (κ1) is 13.2. The third-order valence-corrected chi connectivity index (χ3v) is 2.99. The molecule has 102 valence electrons. The minimum atomic E-state index is -1.03. The highest BCUT2D eigenvalue weighted by Crippen LogP contribution is 2.31. The van der Waals surface area contributed by atoms with E-state index in [1.165, 1.54) is 4.90 Å². The van der Waals surface area contributed by atoms with Gasteiger partial charge in [0.25, 0.3) is 0 Å². The molecular weight excluding hydrogens is 248 g/mol. The molecule has 2 N–H and O–H groups in total. The number of amides is 2. The van der Waals surface area contributed by atoms with Crippen LogP contribution in [0.25, 0.3) is 0 Å². The van der Waals surface area contributed by atoms with E-state index in [9.17, 15) is 9.59 Å². The molecule has 0 saturated heterocycles. The van der Waals surface area contributed by atoms with Gasteiger partial charge in [-0.1, -0.05) is 18.2 Å². The van der Waals surface area contributed by atoms with Gasteiger partial charge in [-0.15, -0.1) is 0 Å². The van der Waals surface area contributed by atoms with E-state index in [1.54, 1.807) is 6.92 Å². The molecule has 1 aliphatic rings. The molecule has 1 aliphatic heterocycles. The molecule has 2 amide bonds. The van der Waals surface area contributed by atoms with Gasteiger partial charge in [0.2, 0.25) is 0 Å². The number of nitrogens with zero attached hydrogens (tertiary/aromatic N) is 1. The van der Waals surface area contributed by atoms with Crippen molar-refractivity contribution < 1.29 is 19.4 Å². The first-order valence-corrected chi connectivity index (χ1v) is 6.10. The summed E-state index contributed by atoms with van der Waals surface area (Å²) in [7, 11) is 0. The molecular formula is C13H16N2O4. The molecule has 0 bridgehead atoms. The third kappa shape index (κ3) is 2.96. The zero-order valence-corrected chi connectivity index (χ0v) is 10.6. The molecule has 1 aromatic carbocycles. The van der Waals surface area contributed by atoms with E-state index < -0.39 is 12.0 Å². The summed E-state index contributed by atoms with van der Waals surface area (Å²) < 4.78 is 5.46. The Balaban J connectivity index is 2.02. The Morgan fingerprint density at radius 3 is 2.89 bits per heavy atom. The maximum Gasteiger partial charge on any atom is 0.323 e. The van der Waals surface area contributed by atoms with Crippen LogP contribution >= 0.6 is 0 Å². The fourth-order valence-corrected chi connectivity index (χ4v) is 2.01. The second kappa shape index (κ2) is 5.60. The molecule has 0 aliphatic carbocycles. The summed E-state index contributed by atoms with van der Waals surface area (Å²) in [5.41, 5.74) is 0.919. The van der Waals surface area contributed by atoms with Gasteiger partial charge in [0.05, 0.1) is 6.04 Å². The fraction of sp³-hybridized carbons (Fsp3) is 0.385. The number of fused-ring (bicyclic) bond motifs is 1. The van der Waals surface area contributed by atoms with Gasteiger partial charge in [-0.25, -0.2) is 4.79 Å². The molecule has 0 spiro atoms. The van der Waals surface area contributed by atoms with E-state index in [-0.39, 0.29) is 12.6 Å². The Kier molecular flexibility index (Phi) is 3.89. The minimum absolute atomic E-state index is 0.230. The van der Waals surface area contributed by atoms with E-state index in [1.807, 2.05) is 24.3 Å². The number of benzene rings is 1. The lowest BCUT2D eigenvalue weighted by molar-refractivity contribution is -0.137. The number of carboxylic acids is 1. The number of carboxylic acid groups (broad SMARTS) is 1. The van der Waals surface area contributed by atoms with Crippen LogP contribution in [0.1, 0.15) is 18.5 Å². The van der Waals surface area contributed by atoms with E-state index in [0.717, 1.165) is 11.3 Å². The van der Waals surface area contributed by atoms with Crippen molar-refractivity contribution in [2.45, 2.75) is 13.0 Å². The van der Waals surface area contributed by atoms with Gasteiger partial charge in [-0.05, 0) is 13.0 Å². The van der Waals surface area contributed by atoms with Gasteiger partial charge in [0, 0.05) is 12.1 Å². The van der Waals surface area contributed by atoms with Crippen LogP contribution in [0.5, 0.6) is 5.75 Å². The maximum atomic E-state index is 12.0. The molecule has 6 nitrogen and oxygen atoms in total. The minimum Gasteiger partial charge on any atom is -0.491 e. The molecule has 0 saturated carbocycles. The highest BCUT2D eigenvalue weighted by atomic mass is 16.5. The van der Waals surface area contributed by atoms with Crippen LogP contribution < -0.4 is 10.1 Å². The van der Waals surface area contributed by atoms with Crippen LogP contribution in [0.15, 0.2) is 24.3 Å². The molecule has 19 heavy (non-hydrogen) atoms. The number of aliphatic carboxylic acids is 1. The SMILES string of the molecule is CCN(CC(=O)O)C(=O)NC1COc2ccccc21. The Hall–Kier alpha value is -2.24. The van der Waals surface area contributed by atoms with Gasteiger partial charge in [-0.2, -0.15) is 0 Å². The summed E-state index contributed by atoms with van der Waals surface area (Å²) in [4.78, 5) is 23.9. The third-order valence-electron chi connectivity index (χ3n) is 2.99. The quantitative estimate of drug-likeness (QED) is 0.857. The molecule has 1 atom stereocenters. The number of nitrogens with one attached hydrogen (secondary N) is 1. The van der Waals surface area contributed by atoms with Crippen LogP contribution in [-0.2, 0) is 4.79 Å². The monoisotopic (exact) mass is 264 g/mol. The summed E-state index contributed by atoms with van der Waals surface area (Å²) >= 11 is 0. The van der Waals surface area contributed by atoms with Crippen molar-refractivity contribution in [3.05, 3.63) is 29.8 Å². The molecule has 0 aromatic heterocycles. The van der Waals surface area contributed by atoms with E-state index >= 15 is 0 Å². The smallest absolute Gasteiger partial charge is 0.323 e. The lowest BCUT2D eigenvalue weighted by Crippen LogP contribution is -2.44. The number of carbonyl (C=O) groups is 2. The number of ether oxygens (including phenoxy) is 1. The molecule has 0 radical (unpaired) electrons. The second-order valence-corrected chi connectivity index (χ2v) is 4.26. The average molecular weight is 264 g/mol. The molecule has 1 aromatic rings. The van der Waals surface area contributed by atoms with Crippen LogP contribution in [0.4, 0.5) is 4.79 Å². The predicted molar refractivity (Wildman–Crippen MR) is 68.1 cm³/mol. The Morgan fingerprint density at radius 1 is 1.47 bits per heavy atom.